The third-order valence-corrected chi connectivity index (χ3v) is 3.41. The molecular formula is C12H15ClN2O3S. The Kier molecular flexibility index (Phi) is 6.12. The number of anilines is 1. The highest BCUT2D eigenvalue weighted by Crippen LogP contribution is 2.21. The summed E-state index contributed by atoms with van der Waals surface area (Å²) in [6.45, 7) is 1.92. The van der Waals surface area contributed by atoms with Crippen molar-refractivity contribution < 1.29 is 13.5 Å². The van der Waals surface area contributed by atoms with Crippen molar-refractivity contribution >= 4 is 27.5 Å². The molecule has 0 saturated heterocycles. The van der Waals surface area contributed by atoms with E-state index in [1.807, 2.05) is 0 Å². The molecular weight excluding hydrogens is 288 g/mol. The normalized spacial score (nSPS) is 10.7. The van der Waals surface area contributed by atoms with E-state index in [0.29, 0.717) is 22.7 Å². The standard InChI is InChI=1S/C12H15ClN2O3S/c1-2-14-19(17,18)15-12-9-11(13)7-6-10(12)5-3-4-8-16/h6-7,9,14-16H,2,4,8H2,1H3. The molecule has 0 fully saturated rings. The summed E-state index contributed by atoms with van der Waals surface area (Å²) in [7, 11) is -3.63. The highest BCUT2D eigenvalue weighted by molar-refractivity contribution is 7.90. The Balaban J connectivity index is 3.05. The number of benzene rings is 1. The molecule has 1 aromatic rings. The van der Waals surface area contributed by atoms with E-state index in [1.54, 1.807) is 19.1 Å². The lowest BCUT2D eigenvalue weighted by molar-refractivity contribution is 0.305. The molecule has 0 aliphatic heterocycles. The first-order valence-corrected chi connectivity index (χ1v) is 7.51. The van der Waals surface area contributed by atoms with Crippen molar-refractivity contribution in [1.29, 1.82) is 0 Å². The second kappa shape index (κ2) is 7.36. The first kappa shape index (κ1) is 15.8. The Morgan fingerprint density at radius 2 is 2.16 bits per heavy atom. The van der Waals surface area contributed by atoms with Crippen LogP contribution in [0.3, 0.4) is 0 Å². The average Bonchev–Trinajstić information content (AvgIpc) is 2.31. The van der Waals surface area contributed by atoms with Gasteiger partial charge in [-0.15, -0.1) is 0 Å². The Hall–Kier alpha value is -1.26. The lowest BCUT2D eigenvalue weighted by Gasteiger charge is -2.10. The van der Waals surface area contributed by atoms with Gasteiger partial charge in [-0.3, -0.25) is 4.72 Å². The predicted octanol–water partition coefficient (Wildman–Crippen LogP) is 1.34. The molecule has 0 bridgehead atoms. The van der Waals surface area contributed by atoms with Gasteiger partial charge in [0.2, 0.25) is 0 Å². The van der Waals surface area contributed by atoms with Crippen molar-refractivity contribution in [2.45, 2.75) is 13.3 Å². The molecule has 0 atom stereocenters. The number of hydrogen-bond acceptors (Lipinski definition) is 3. The summed E-state index contributed by atoms with van der Waals surface area (Å²) in [4.78, 5) is 0. The highest BCUT2D eigenvalue weighted by atomic mass is 35.5. The molecule has 0 aliphatic rings. The minimum atomic E-state index is -3.63. The number of halogens is 1. The zero-order chi connectivity index (χ0) is 14.3. The fraction of sp³-hybridized carbons (Fsp3) is 0.333. The maximum atomic E-state index is 11.6. The zero-order valence-corrected chi connectivity index (χ0v) is 12.0. The molecule has 0 aliphatic carbocycles. The van der Waals surface area contributed by atoms with Crippen LogP contribution in [0.15, 0.2) is 18.2 Å². The van der Waals surface area contributed by atoms with Crippen molar-refractivity contribution in [1.82, 2.24) is 4.72 Å². The molecule has 0 amide bonds. The smallest absolute Gasteiger partial charge is 0.299 e. The molecule has 0 heterocycles. The van der Waals surface area contributed by atoms with Gasteiger partial charge in [0.05, 0.1) is 12.3 Å². The van der Waals surface area contributed by atoms with Crippen molar-refractivity contribution in [2.24, 2.45) is 0 Å². The molecule has 0 aromatic heterocycles. The van der Waals surface area contributed by atoms with E-state index in [-0.39, 0.29) is 13.2 Å². The number of aliphatic hydroxyl groups is 1. The summed E-state index contributed by atoms with van der Waals surface area (Å²) < 4.78 is 28.0. The minimum absolute atomic E-state index is 0.0426. The summed E-state index contributed by atoms with van der Waals surface area (Å²) in [6, 6.07) is 4.73. The van der Waals surface area contributed by atoms with Crippen LogP contribution in [-0.4, -0.2) is 26.7 Å². The first-order chi connectivity index (χ1) is 8.98. The van der Waals surface area contributed by atoms with Crippen LogP contribution in [0.5, 0.6) is 0 Å². The second-order valence-corrected chi connectivity index (χ2v) is 5.50. The predicted molar refractivity (Wildman–Crippen MR) is 76.3 cm³/mol. The van der Waals surface area contributed by atoms with Gasteiger partial charge in [0, 0.05) is 23.6 Å². The summed E-state index contributed by atoms with van der Waals surface area (Å²) in [5.74, 6) is 5.51. The van der Waals surface area contributed by atoms with Crippen LogP contribution in [0, 0.1) is 11.8 Å². The molecule has 0 saturated carbocycles. The molecule has 3 N–H and O–H groups in total. The van der Waals surface area contributed by atoms with Crippen LogP contribution in [0.25, 0.3) is 0 Å². The Labute approximate surface area is 118 Å². The molecule has 0 unspecified atom stereocenters. The Morgan fingerprint density at radius 3 is 2.79 bits per heavy atom. The molecule has 1 aromatic carbocycles. The topological polar surface area (TPSA) is 78.4 Å². The summed E-state index contributed by atoms with van der Waals surface area (Å²) in [6.07, 6.45) is 0.321. The molecule has 7 heteroatoms. The summed E-state index contributed by atoms with van der Waals surface area (Å²) >= 11 is 5.84. The zero-order valence-electron chi connectivity index (χ0n) is 10.4. The van der Waals surface area contributed by atoms with Gasteiger partial charge in [0.1, 0.15) is 0 Å². The molecule has 0 radical (unpaired) electrons. The lowest BCUT2D eigenvalue weighted by Crippen LogP contribution is -2.30. The second-order valence-electron chi connectivity index (χ2n) is 3.57. The monoisotopic (exact) mass is 302 g/mol. The Morgan fingerprint density at radius 1 is 1.42 bits per heavy atom. The van der Waals surface area contributed by atoms with Crippen molar-refractivity contribution in [2.75, 3.05) is 17.9 Å². The molecule has 0 spiro atoms. The van der Waals surface area contributed by atoms with Crippen molar-refractivity contribution in [3.8, 4) is 11.8 Å². The lowest BCUT2D eigenvalue weighted by atomic mass is 10.2. The number of nitrogens with one attached hydrogen (secondary N) is 2. The van der Waals surface area contributed by atoms with Gasteiger partial charge < -0.3 is 5.11 Å². The average molecular weight is 303 g/mol. The fourth-order valence-electron chi connectivity index (χ4n) is 1.29. The maximum absolute atomic E-state index is 11.6. The third-order valence-electron chi connectivity index (χ3n) is 2.02. The number of hydrogen-bond donors (Lipinski definition) is 3. The number of aliphatic hydroxyl groups excluding tert-OH is 1. The van der Waals surface area contributed by atoms with Crippen molar-refractivity contribution in [3.05, 3.63) is 28.8 Å². The largest absolute Gasteiger partial charge is 0.395 e. The van der Waals surface area contributed by atoms with E-state index in [1.165, 1.54) is 6.07 Å². The Bertz CT molecular complexity index is 591. The molecule has 5 nitrogen and oxygen atoms in total. The summed E-state index contributed by atoms with van der Waals surface area (Å²) in [5, 5.41) is 9.07. The molecule has 1 rings (SSSR count). The van der Waals surface area contributed by atoms with Crippen LogP contribution in [0.1, 0.15) is 18.9 Å². The minimum Gasteiger partial charge on any atom is -0.395 e. The van der Waals surface area contributed by atoms with Gasteiger partial charge in [-0.2, -0.15) is 13.1 Å². The van der Waals surface area contributed by atoms with Crippen LogP contribution >= 0.6 is 11.6 Å². The van der Waals surface area contributed by atoms with Gasteiger partial charge in [0.15, 0.2) is 0 Å². The SMILES string of the molecule is CCNS(=O)(=O)Nc1cc(Cl)ccc1C#CCCO. The van der Waals surface area contributed by atoms with Crippen LogP contribution in [0.4, 0.5) is 5.69 Å². The van der Waals surface area contributed by atoms with Gasteiger partial charge in [-0.25, -0.2) is 0 Å². The van der Waals surface area contributed by atoms with E-state index >= 15 is 0 Å². The first-order valence-electron chi connectivity index (χ1n) is 5.65. The van der Waals surface area contributed by atoms with E-state index in [0.717, 1.165) is 0 Å². The van der Waals surface area contributed by atoms with Crippen LogP contribution in [-0.2, 0) is 10.2 Å². The highest BCUT2D eigenvalue weighted by Gasteiger charge is 2.10. The number of rotatable bonds is 5. The maximum Gasteiger partial charge on any atom is 0.299 e. The van der Waals surface area contributed by atoms with Gasteiger partial charge >= 0.3 is 0 Å². The molecule has 19 heavy (non-hydrogen) atoms. The van der Waals surface area contributed by atoms with E-state index in [9.17, 15) is 8.42 Å². The quantitative estimate of drug-likeness (QED) is 0.718. The summed E-state index contributed by atoms with van der Waals surface area (Å²) in [5.41, 5.74) is 0.804. The third kappa shape index (κ3) is 5.49. The van der Waals surface area contributed by atoms with Gasteiger partial charge in [-0.1, -0.05) is 30.4 Å². The van der Waals surface area contributed by atoms with E-state index < -0.39 is 10.2 Å². The fourth-order valence-corrected chi connectivity index (χ4v) is 2.38. The van der Waals surface area contributed by atoms with Gasteiger partial charge in [0.25, 0.3) is 10.2 Å². The van der Waals surface area contributed by atoms with E-state index in [2.05, 4.69) is 21.3 Å². The van der Waals surface area contributed by atoms with E-state index in [4.69, 9.17) is 16.7 Å². The van der Waals surface area contributed by atoms with Crippen molar-refractivity contribution in [3.63, 3.8) is 0 Å². The van der Waals surface area contributed by atoms with Crippen LogP contribution in [0.2, 0.25) is 5.02 Å². The van der Waals surface area contributed by atoms with Gasteiger partial charge in [-0.05, 0) is 18.2 Å². The molecule has 104 valence electrons. The van der Waals surface area contributed by atoms with Crippen LogP contribution < -0.4 is 9.44 Å².